The van der Waals surface area contributed by atoms with E-state index in [9.17, 15) is 13.2 Å². The number of carbonyl (C=O) groups is 1. The Morgan fingerprint density at radius 3 is 2.60 bits per heavy atom. The molecule has 0 bridgehead atoms. The second-order valence-corrected chi connectivity index (χ2v) is 9.13. The molecule has 3 rings (SSSR count). The van der Waals surface area contributed by atoms with Gasteiger partial charge in [0.05, 0.1) is 4.90 Å². The molecule has 2 N–H and O–H groups in total. The number of hydrogen-bond donors (Lipinski definition) is 2. The molecule has 1 atom stereocenters. The number of sulfonamides is 1. The first kappa shape index (κ1) is 17.8. The third-order valence-corrected chi connectivity index (χ3v) is 6.59. The zero-order valence-corrected chi connectivity index (χ0v) is 15.9. The van der Waals surface area contributed by atoms with Gasteiger partial charge in [0, 0.05) is 18.9 Å². The lowest BCUT2D eigenvalue weighted by molar-refractivity contribution is -0.119. The van der Waals surface area contributed by atoms with E-state index >= 15 is 0 Å². The van der Waals surface area contributed by atoms with E-state index in [1.807, 2.05) is 19.9 Å². The van der Waals surface area contributed by atoms with Gasteiger partial charge in [-0.05, 0) is 36.1 Å². The monoisotopic (exact) mass is 380 g/mol. The number of amides is 1. The molecule has 134 valence electrons. The van der Waals surface area contributed by atoms with Crippen LogP contribution >= 0.6 is 11.3 Å². The molecule has 25 heavy (non-hydrogen) atoms. The number of hydrogen-bond acceptors (Lipinski definition) is 6. The summed E-state index contributed by atoms with van der Waals surface area (Å²) in [7, 11) is -3.72. The van der Waals surface area contributed by atoms with Crippen molar-refractivity contribution in [1.29, 1.82) is 0 Å². The summed E-state index contributed by atoms with van der Waals surface area (Å²) in [6, 6.07) is 5.09. The van der Waals surface area contributed by atoms with E-state index < -0.39 is 10.0 Å². The van der Waals surface area contributed by atoms with Crippen LogP contribution in [0.5, 0.6) is 0 Å². The van der Waals surface area contributed by atoms with Gasteiger partial charge in [-0.1, -0.05) is 31.3 Å². The molecular weight excluding hydrogens is 360 g/mol. The maximum atomic E-state index is 12.6. The average molecular weight is 380 g/mol. The van der Waals surface area contributed by atoms with Crippen LogP contribution in [0.25, 0.3) is 0 Å². The molecule has 1 aromatic carbocycles. The fourth-order valence-corrected chi connectivity index (χ4v) is 4.86. The Morgan fingerprint density at radius 1 is 1.24 bits per heavy atom. The number of nitrogens with zero attached hydrogens (tertiary/aromatic N) is 2. The van der Waals surface area contributed by atoms with Gasteiger partial charge in [0.15, 0.2) is 0 Å². The minimum Gasteiger partial charge on any atom is -0.353 e. The first-order valence-electron chi connectivity index (χ1n) is 7.99. The van der Waals surface area contributed by atoms with E-state index in [0.29, 0.717) is 6.42 Å². The molecule has 1 aliphatic carbocycles. The number of nitrogens with one attached hydrogen (secondary N) is 2. The number of carbonyl (C=O) groups excluding carboxylic acids is 1. The molecule has 2 aromatic rings. The summed E-state index contributed by atoms with van der Waals surface area (Å²) >= 11 is 1.24. The first-order chi connectivity index (χ1) is 11.7. The van der Waals surface area contributed by atoms with Gasteiger partial charge < -0.3 is 5.32 Å². The molecule has 1 amide bonds. The number of benzene rings is 1. The van der Waals surface area contributed by atoms with Crippen LogP contribution in [-0.4, -0.2) is 30.6 Å². The SMILES string of the molecule is CC(=O)NC1Cc2ccc(S(=O)(=O)Nc3nnc(C(C)C)s3)cc2C1. The maximum absolute atomic E-state index is 12.6. The lowest BCUT2D eigenvalue weighted by Crippen LogP contribution is -2.33. The van der Waals surface area contributed by atoms with Crippen molar-refractivity contribution in [3.8, 4) is 0 Å². The van der Waals surface area contributed by atoms with Crippen molar-refractivity contribution >= 4 is 32.4 Å². The Labute approximate surface area is 150 Å². The number of fused-ring (bicyclic) bond motifs is 1. The van der Waals surface area contributed by atoms with Gasteiger partial charge >= 0.3 is 0 Å². The van der Waals surface area contributed by atoms with Gasteiger partial charge in [0.25, 0.3) is 10.0 Å². The standard InChI is InChI=1S/C16H20N4O3S2/c1-9(2)15-18-19-16(24-15)20-25(22,23)14-5-4-11-6-13(17-10(3)21)7-12(11)8-14/h4-5,8-9,13H,6-7H2,1-3H3,(H,17,21)(H,19,20). The fourth-order valence-electron chi connectivity index (χ4n) is 2.83. The summed E-state index contributed by atoms with van der Waals surface area (Å²) < 4.78 is 27.7. The molecule has 1 aliphatic rings. The lowest BCUT2D eigenvalue weighted by Gasteiger charge is -2.08. The molecule has 1 unspecified atom stereocenters. The molecule has 1 heterocycles. The van der Waals surface area contributed by atoms with Crippen LogP contribution in [0.15, 0.2) is 23.1 Å². The lowest BCUT2D eigenvalue weighted by atomic mass is 10.1. The van der Waals surface area contributed by atoms with Crippen LogP contribution in [-0.2, 0) is 27.7 Å². The van der Waals surface area contributed by atoms with E-state index in [1.165, 1.54) is 18.3 Å². The van der Waals surface area contributed by atoms with E-state index in [1.54, 1.807) is 12.1 Å². The van der Waals surface area contributed by atoms with Crippen molar-refractivity contribution in [3.63, 3.8) is 0 Å². The van der Waals surface area contributed by atoms with Gasteiger partial charge in [-0.2, -0.15) is 0 Å². The highest BCUT2D eigenvalue weighted by Crippen LogP contribution is 2.28. The molecule has 0 aliphatic heterocycles. The third-order valence-electron chi connectivity index (χ3n) is 3.98. The van der Waals surface area contributed by atoms with E-state index in [2.05, 4.69) is 20.2 Å². The highest BCUT2D eigenvalue weighted by Gasteiger charge is 2.25. The zero-order chi connectivity index (χ0) is 18.2. The van der Waals surface area contributed by atoms with E-state index in [-0.39, 0.29) is 27.9 Å². The van der Waals surface area contributed by atoms with Crippen molar-refractivity contribution in [2.24, 2.45) is 0 Å². The quantitative estimate of drug-likeness (QED) is 0.827. The fraction of sp³-hybridized carbons (Fsp3) is 0.438. The minimum atomic E-state index is -3.72. The normalized spacial score (nSPS) is 16.7. The highest BCUT2D eigenvalue weighted by atomic mass is 32.2. The first-order valence-corrected chi connectivity index (χ1v) is 10.3. The molecule has 0 saturated heterocycles. The van der Waals surface area contributed by atoms with E-state index in [0.717, 1.165) is 22.6 Å². The molecule has 0 spiro atoms. The minimum absolute atomic E-state index is 0.0233. The van der Waals surface area contributed by atoms with Gasteiger partial charge in [-0.15, -0.1) is 10.2 Å². The second-order valence-electron chi connectivity index (χ2n) is 6.44. The Bertz CT molecular complexity index is 906. The molecule has 0 fully saturated rings. The van der Waals surface area contributed by atoms with Crippen molar-refractivity contribution in [1.82, 2.24) is 15.5 Å². The van der Waals surface area contributed by atoms with Gasteiger partial charge in [-0.3, -0.25) is 9.52 Å². The molecule has 0 radical (unpaired) electrons. The summed E-state index contributed by atoms with van der Waals surface area (Å²) in [5.41, 5.74) is 2.01. The Kier molecular flexibility index (Phi) is 4.79. The van der Waals surface area contributed by atoms with Crippen molar-refractivity contribution in [2.45, 2.75) is 50.5 Å². The summed E-state index contributed by atoms with van der Waals surface area (Å²) in [6.45, 7) is 5.44. The summed E-state index contributed by atoms with van der Waals surface area (Å²) in [5, 5.41) is 11.8. The molecule has 1 aromatic heterocycles. The van der Waals surface area contributed by atoms with Crippen LogP contribution in [0.2, 0.25) is 0 Å². The predicted octanol–water partition coefficient (Wildman–Crippen LogP) is 2.07. The van der Waals surface area contributed by atoms with E-state index in [4.69, 9.17) is 0 Å². The van der Waals surface area contributed by atoms with Gasteiger partial charge in [-0.25, -0.2) is 8.42 Å². The molecule has 7 nitrogen and oxygen atoms in total. The summed E-state index contributed by atoms with van der Waals surface area (Å²) in [5.74, 6) is 0.117. The van der Waals surface area contributed by atoms with Crippen LogP contribution in [0.3, 0.4) is 0 Å². The molecular formula is C16H20N4O3S2. The largest absolute Gasteiger partial charge is 0.353 e. The predicted molar refractivity (Wildman–Crippen MR) is 96.3 cm³/mol. The van der Waals surface area contributed by atoms with Gasteiger partial charge in [0.2, 0.25) is 11.0 Å². The Balaban J connectivity index is 1.79. The Hall–Kier alpha value is -2.00. The van der Waals surface area contributed by atoms with Crippen LogP contribution < -0.4 is 10.0 Å². The Morgan fingerprint density at radius 2 is 1.96 bits per heavy atom. The van der Waals surface area contributed by atoms with Crippen molar-refractivity contribution in [2.75, 3.05) is 4.72 Å². The zero-order valence-electron chi connectivity index (χ0n) is 14.2. The average Bonchev–Trinajstić information content (AvgIpc) is 3.11. The van der Waals surface area contributed by atoms with Crippen LogP contribution in [0.4, 0.5) is 5.13 Å². The molecule has 0 saturated carbocycles. The third kappa shape index (κ3) is 3.98. The summed E-state index contributed by atoms with van der Waals surface area (Å²) in [6.07, 6.45) is 1.35. The highest BCUT2D eigenvalue weighted by molar-refractivity contribution is 7.93. The van der Waals surface area contributed by atoms with Crippen molar-refractivity contribution in [3.05, 3.63) is 34.3 Å². The number of rotatable bonds is 5. The van der Waals surface area contributed by atoms with Crippen LogP contribution in [0.1, 0.15) is 42.8 Å². The summed E-state index contributed by atoms with van der Waals surface area (Å²) in [4.78, 5) is 11.4. The maximum Gasteiger partial charge on any atom is 0.263 e. The van der Waals surface area contributed by atoms with Crippen molar-refractivity contribution < 1.29 is 13.2 Å². The van der Waals surface area contributed by atoms with Crippen LogP contribution in [0, 0.1) is 0 Å². The topological polar surface area (TPSA) is 101 Å². The smallest absolute Gasteiger partial charge is 0.263 e. The second kappa shape index (κ2) is 6.72. The molecule has 9 heteroatoms. The number of aromatic nitrogens is 2. The van der Waals surface area contributed by atoms with Gasteiger partial charge in [0.1, 0.15) is 5.01 Å². The number of anilines is 1.